The van der Waals surface area contributed by atoms with Crippen LogP contribution in [0.4, 0.5) is 0 Å². The lowest BCUT2D eigenvalue weighted by Gasteiger charge is -2.30. The van der Waals surface area contributed by atoms with Crippen LogP contribution in [0.5, 0.6) is 0 Å². The van der Waals surface area contributed by atoms with Crippen LogP contribution in [0.3, 0.4) is 0 Å². The highest BCUT2D eigenvalue weighted by molar-refractivity contribution is 6.12. The minimum absolute atomic E-state index is 0.141. The first-order valence-electron chi connectivity index (χ1n) is 7.03. The Labute approximate surface area is 120 Å². The van der Waals surface area contributed by atoms with E-state index >= 15 is 0 Å². The molecule has 0 aromatic heterocycles. The number of hydrogen-bond acceptors (Lipinski definition) is 4. The van der Waals surface area contributed by atoms with Crippen LogP contribution in [0, 0.1) is 5.92 Å². The van der Waals surface area contributed by atoms with Gasteiger partial charge in [-0.25, -0.2) is 0 Å². The normalized spacial score (nSPS) is 35.1. The number of ether oxygens (including phenoxy) is 2. The van der Waals surface area contributed by atoms with Crippen molar-refractivity contribution in [3.63, 3.8) is 0 Å². The zero-order valence-electron chi connectivity index (χ0n) is 11.5. The maximum absolute atomic E-state index is 12.4. The largest absolute Gasteiger partial charge is 0.460 e. The summed E-state index contributed by atoms with van der Waals surface area (Å²) in [5.74, 6) is -0.537. The van der Waals surface area contributed by atoms with Crippen molar-refractivity contribution < 1.29 is 14.3 Å². The Bertz CT molecular complexity index is 495. The molecule has 2 saturated heterocycles. The summed E-state index contributed by atoms with van der Waals surface area (Å²) in [6, 6.07) is 9.09. The van der Waals surface area contributed by atoms with Crippen LogP contribution in [0.1, 0.15) is 18.9 Å². The van der Waals surface area contributed by atoms with E-state index in [1.54, 1.807) is 0 Å². The molecule has 0 spiro atoms. The second kappa shape index (κ2) is 5.22. The molecule has 1 unspecified atom stereocenters. The first-order valence-corrected chi connectivity index (χ1v) is 7.03. The monoisotopic (exact) mass is 271 g/mol. The summed E-state index contributed by atoms with van der Waals surface area (Å²) < 4.78 is 11.3. The first kappa shape index (κ1) is 13.6. The SMILES string of the molecule is [B][C@@H]1O[C@@]2(CC)CNC1[C@H]2C(=O)OCc1ccccc1. The lowest BCUT2D eigenvalue weighted by atomic mass is 9.83. The average Bonchev–Trinajstić information content (AvgIpc) is 2.98. The maximum Gasteiger partial charge on any atom is 0.313 e. The van der Waals surface area contributed by atoms with Crippen molar-refractivity contribution in [2.24, 2.45) is 5.92 Å². The predicted octanol–water partition coefficient (Wildman–Crippen LogP) is 0.991. The number of carbonyl (C=O) groups excluding carboxylic acids is 1. The Morgan fingerprint density at radius 1 is 1.50 bits per heavy atom. The molecule has 0 aliphatic carbocycles. The summed E-state index contributed by atoms with van der Waals surface area (Å²) in [5.41, 5.74) is 0.479. The van der Waals surface area contributed by atoms with Gasteiger partial charge >= 0.3 is 5.97 Å². The maximum atomic E-state index is 12.4. The van der Waals surface area contributed by atoms with Gasteiger partial charge in [-0.1, -0.05) is 37.3 Å². The van der Waals surface area contributed by atoms with Crippen molar-refractivity contribution in [3.05, 3.63) is 35.9 Å². The van der Waals surface area contributed by atoms with E-state index in [0.717, 1.165) is 12.0 Å². The van der Waals surface area contributed by atoms with Crippen LogP contribution in [0.2, 0.25) is 0 Å². The summed E-state index contributed by atoms with van der Waals surface area (Å²) >= 11 is 0. The van der Waals surface area contributed by atoms with E-state index in [-0.39, 0.29) is 24.5 Å². The minimum Gasteiger partial charge on any atom is -0.460 e. The van der Waals surface area contributed by atoms with Gasteiger partial charge in [-0.2, -0.15) is 0 Å². The van der Waals surface area contributed by atoms with Gasteiger partial charge in [0.1, 0.15) is 20.4 Å². The standard InChI is InChI=1S/C15H18BNO3/c1-2-15-9-17-12(13(16)20-15)11(15)14(18)19-8-10-6-4-3-5-7-10/h3-7,11-13,17H,2,8-9H2,1H3/t11-,12?,13+,15-/m0/s1. The zero-order chi connectivity index (χ0) is 14.2. The fourth-order valence-corrected chi connectivity index (χ4v) is 3.22. The smallest absolute Gasteiger partial charge is 0.313 e. The van der Waals surface area contributed by atoms with Gasteiger partial charge in [0.15, 0.2) is 0 Å². The van der Waals surface area contributed by atoms with Gasteiger partial charge < -0.3 is 14.8 Å². The fourth-order valence-electron chi connectivity index (χ4n) is 3.22. The van der Waals surface area contributed by atoms with Crippen LogP contribution in [-0.2, 0) is 20.9 Å². The van der Waals surface area contributed by atoms with Crippen LogP contribution in [0.15, 0.2) is 30.3 Å². The van der Waals surface area contributed by atoms with Crippen LogP contribution >= 0.6 is 0 Å². The molecule has 2 fully saturated rings. The predicted molar refractivity (Wildman–Crippen MR) is 75.2 cm³/mol. The molecular formula is C15H18BNO3. The molecule has 1 aromatic carbocycles. The zero-order valence-corrected chi connectivity index (χ0v) is 11.5. The number of rotatable bonds is 4. The summed E-state index contributed by atoms with van der Waals surface area (Å²) in [6.45, 7) is 2.96. The minimum atomic E-state index is -0.502. The Balaban J connectivity index is 1.68. The van der Waals surface area contributed by atoms with Crippen LogP contribution in [-0.4, -0.2) is 38.0 Å². The molecule has 2 heterocycles. The molecule has 2 aliphatic rings. The van der Waals surface area contributed by atoms with Crippen molar-refractivity contribution in [3.8, 4) is 0 Å². The molecule has 0 saturated carbocycles. The highest BCUT2D eigenvalue weighted by atomic mass is 16.6. The number of hydrogen-bond donors (Lipinski definition) is 1. The van der Waals surface area contributed by atoms with Gasteiger partial charge in [0.2, 0.25) is 0 Å². The number of esters is 1. The Morgan fingerprint density at radius 3 is 2.90 bits per heavy atom. The molecule has 4 nitrogen and oxygen atoms in total. The highest BCUT2D eigenvalue weighted by Crippen LogP contribution is 2.43. The van der Waals surface area contributed by atoms with E-state index < -0.39 is 11.6 Å². The van der Waals surface area contributed by atoms with Crippen LogP contribution in [0.25, 0.3) is 0 Å². The van der Waals surface area contributed by atoms with Gasteiger partial charge in [0.25, 0.3) is 0 Å². The number of benzene rings is 1. The van der Waals surface area contributed by atoms with Crippen molar-refractivity contribution in [1.82, 2.24) is 5.32 Å². The number of fused-ring (bicyclic) bond motifs is 2. The molecule has 4 atom stereocenters. The molecule has 5 heteroatoms. The van der Waals surface area contributed by atoms with E-state index in [9.17, 15) is 4.79 Å². The summed E-state index contributed by atoms with van der Waals surface area (Å²) in [5, 5.41) is 3.28. The third-order valence-electron chi connectivity index (χ3n) is 4.36. The molecule has 2 radical (unpaired) electrons. The molecule has 0 amide bonds. The van der Waals surface area contributed by atoms with Crippen LogP contribution < -0.4 is 5.32 Å². The molecule has 104 valence electrons. The van der Waals surface area contributed by atoms with Gasteiger partial charge in [0, 0.05) is 18.6 Å². The molecule has 2 bridgehead atoms. The van der Waals surface area contributed by atoms with Crippen molar-refractivity contribution >= 4 is 13.8 Å². The quantitative estimate of drug-likeness (QED) is 0.655. The first-order chi connectivity index (χ1) is 9.66. The summed E-state index contributed by atoms with van der Waals surface area (Å²) in [7, 11) is 5.92. The Hall–Kier alpha value is -1.33. The second-order valence-corrected chi connectivity index (χ2v) is 5.48. The fraction of sp³-hybridized carbons (Fsp3) is 0.533. The van der Waals surface area contributed by atoms with Crippen molar-refractivity contribution in [2.75, 3.05) is 6.54 Å². The van der Waals surface area contributed by atoms with Gasteiger partial charge in [-0.3, -0.25) is 4.79 Å². The Kier molecular flexibility index (Phi) is 3.56. The lowest BCUT2D eigenvalue weighted by molar-refractivity contribution is -0.155. The topological polar surface area (TPSA) is 47.6 Å². The van der Waals surface area contributed by atoms with Crippen molar-refractivity contribution in [2.45, 2.75) is 37.6 Å². The molecule has 20 heavy (non-hydrogen) atoms. The third-order valence-corrected chi connectivity index (χ3v) is 4.36. The summed E-state index contributed by atoms with van der Waals surface area (Å²) in [6.07, 6.45) is 0.745. The molecule has 1 N–H and O–H groups in total. The van der Waals surface area contributed by atoms with Gasteiger partial charge in [-0.05, 0) is 12.0 Å². The molecule has 2 aliphatic heterocycles. The van der Waals surface area contributed by atoms with E-state index in [2.05, 4.69) is 5.32 Å². The number of nitrogens with one attached hydrogen (secondary N) is 1. The molecular weight excluding hydrogens is 253 g/mol. The van der Waals surface area contributed by atoms with Gasteiger partial charge in [0.05, 0.1) is 5.60 Å². The Morgan fingerprint density at radius 2 is 2.25 bits per heavy atom. The number of carbonyl (C=O) groups is 1. The lowest BCUT2D eigenvalue weighted by Crippen LogP contribution is -2.44. The van der Waals surface area contributed by atoms with E-state index in [0.29, 0.717) is 6.54 Å². The summed E-state index contributed by atoms with van der Waals surface area (Å²) in [4.78, 5) is 12.4. The van der Waals surface area contributed by atoms with E-state index in [1.165, 1.54) is 0 Å². The van der Waals surface area contributed by atoms with E-state index in [1.807, 2.05) is 37.3 Å². The number of morpholine rings is 1. The highest BCUT2D eigenvalue weighted by Gasteiger charge is 2.60. The molecule has 3 rings (SSSR count). The molecule has 1 aromatic rings. The van der Waals surface area contributed by atoms with E-state index in [4.69, 9.17) is 17.3 Å². The van der Waals surface area contributed by atoms with Crippen molar-refractivity contribution in [1.29, 1.82) is 0 Å². The second-order valence-electron chi connectivity index (χ2n) is 5.48. The third kappa shape index (κ3) is 2.15. The van der Waals surface area contributed by atoms with Gasteiger partial charge in [-0.15, -0.1) is 0 Å². The average molecular weight is 271 g/mol.